The molecule has 3 rings (SSSR count). The summed E-state index contributed by atoms with van der Waals surface area (Å²) in [5.41, 5.74) is 3.14. The summed E-state index contributed by atoms with van der Waals surface area (Å²) in [4.78, 5) is 39.5. The quantitative estimate of drug-likeness (QED) is 0.680. The molecule has 1 aromatic heterocycles. The molecule has 0 aliphatic heterocycles. The first-order valence-electron chi connectivity index (χ1n) is 9.30. The molecule has 0 saturated heterocycles. The number of methoxy groups -OCH3 is 1. The second-order valence-corrected chi connectivity index (χ2v) is 7.02. The van der Waals surface area contributed by atoms with Crippen molar-refractivity contribution in [1.29, 1.82) is 0 Å². The molecule has 0 fully saturated rings. The highest BCUT2D eigenvalue weighted by Gasteiger charge is 2.27. The van der Waals surface area contributed by atoms with E-state index in [-0.39, 0.29) is 18.7 Å². The van der Waals surface area contributed by atoms with Gasteiger partial charge in [-0.15, -0.1) is 0 Å². The average molecular weight is 384 g/mol. The number of aromatic amines is 1. The van der Waals surface area contributed by atoms with E-state index in [1.54, 1.807) is 13.0 Å². The van der Waals surface area contributed by atoms with Crippen molar-refractivity contribution in [3.63, 3.8) is 0 Å². The smallest absolute Gasteiger partial charge is 0.308 e. The molecule has 0 radical (unpaired) electrons. The number of benzene rings is 1. The lowest BCUT2D eigenvalue weighted by Gasteiger charge is -2.15. The number of hydrogen-bond donors (Lipinski definition) is 3. The van der Waals surface area contributed by atoms with E-state index in [9.17, 15) is 19.5 Å². The summed E-state index contributed by atoms with van der Waals surface area (Å²) >= 11 is 0. The Hall–Kier alpha value is -3.09. The molecule has 7 heteroatoms. The highest BCUT2D eigenvalue weighted by atomic mass is 16.5. The van der Waals surface area contributed by atoms with Crippen LogP contribution in [-0.4, -0.2) is 41.4 Å². The maximum absolute atomic E-state index is 12.6. The van der Waals surface area contributed by atoms with Crippen LogP contribution in [0.3, 0.4) is 0 Å². The highest BCUT2D eigenvalue weighted by molar-refractivity contribution is 6.04. The lowest BCUT2D eigenvalue weighted by molar-refractivity contribution is -0.141. The minimum absolute atomic E-state index is 0.0245. The molecule has 0 saturated carbocycles. The van der Waals surface area contributed by atoms with Gasteiger partial charge in [-0.25, -0.2) is 0 Å². The molecule has 28 heavy (non-hydrogen) atoms. The van der Waals surface area contributed by atoms with Crippen LogP contribution in [0.2, 0.25) is 0 Å². The fraction of sp³-hybridized carbons (Fsp3) is 0.381. The number of para-hydroxylation sites is 1. The predicted molar refractivity (Wildman–Crippen MR) is 103 cm³/mol. The Morgan fingerprint density at radius 1 is 1.29 bits per heavy atom. The first-order chi connectivity index (χ1) is 13.4. The van der Waals surface area contributed by atoms with E-state index in [0.29, 0.717) is 29.0 Å². The number of carbonyl (C=O) groups excluding carboxylic acids is 2. The number of aryl methyl sites for hydroxylation is 1. The van der Waals surface area contributed by atoms with E-state index in [2.05, 4.69) is 10.3 Å². The summed E-state index contributed by atoms with van der Waals surface area (Å²) < 4.78 is 5.28. The van der Waals surface area contributed by atoms with E-state index in [0.717, 1.165) is 24.1 Å². The van der Waals surface area contributed by atoms with Gasteiger partial charge in [0.25, 0.3) is 5.91 Å². The number of ketones is 1. The van der Waals surface area contributed by atoms with Crippen molar-refractivity contribution in [1.82, 2.24) is 10.3 Å². The van der Waals surface area contributed by atoms with Gasteiger partial charge in [-0.05, 0) is 43.4 Å². The second kappa shape index (κ2) is 8.29. The highest BCUT2D eigenvalue weighted by Crippen LogP contribution is 2.26. The predicted octanol–water partition coefficient (Wildman–Crippen LogP) is 2.52. The molecule has 1 aromatic carbocycles. The molecule has 1 aliphatic carbocycles. The van der Waals surface area contributed by atoms with Gasteiger partial charge in [-0.3, -0.25) is 14.4 Å². The maximum atomic E-state index is 12.6. The van der Waals surface area contributed by atoms with Crippen LogP contribution >= 0.6 is 0 Å². The Morgan fingerprint density at radius 2 is 2.04 bits per heavy atom. The van der Waals surface area contributed by atoms with Gasteiger partial charge >= 0.3 is 5.97 Å². The van der Waals surface area contributed by atoms with Crippen LogP contribution in [0.1, 0.15) is 50.5 Å². The summed E-state index contributed by atoms with van der Waals surface area (Å²) in [5.74, 6) is -1.53. The Kier molecular flexibility index (Phi) is 5.82. The van der Waals surface area contributed by atoms with Gasteiger partial charge in [-0.1, -0.05) is 18.2 Å². The van der Waals surface area contributed by atoms with E-state index in [1.165, 1.54) is 7.11 Å². The minimum atomic E-state index is -0.996. The number of nitrogens with one attached hydrogen (secondary N) is 2. The van der Waals surface area contributed by atoms with Gasteiger partial charge in [0.05, 0.1) is 13.0 Å². The lowest BCUT2D eigenvalue weighted by atomic mass is 9.93. The van der Waals surface area contributed by atoms with Crippen LogP contribution in [0.15, 0.2) is 24.3 Å². The molecule has 1 amide bonds. The van der Waals surface area contributed by atoms with Crippen molar-refractivity contribution in [2.75, 3.05) is 13.7 Å². The standard InChI is InChI=1S/C21H24N2O5/c1-12-18-15(7-5-8-16(18)24)23-19(12)20(25)22-11-14(21(26)27)10-13-6-3-4-9-17(13)28-2/h3-4,6,9,14,23H,5,7-8,10-11H2,1-2H3,(H,22,25)(H,26,27). The Balaban J connectivity index is 1.71. The van der Waals surface area contributed by atoms with E-state index in [1.807, 2.05) is 18.2 Å². The number of fused-ring (bicyclic) bond motifs is 1. The second-order valence-electron chi connectivity index (χ2n) is 7.02. The van der Waals surface area contributed by atoms with Crippen molar-refractivity contribution in [3.8, 4) is 5.75 Å². The number of Topliss-reactive ketones (excluding diaryl/α,β-unsaturated/α-hetero) is 1. The summed E-state index contributed by atoms with van der Waals surface area (Å²) in [6.07, 6.45) is 2.23. The number of carboxylic acids is 1. The molecule has 3 N–H and O–H groups in total. The van der Waals surface area contributed by atoms with Gasteiger partial charge in [0.1, 0.15) is 11.4 Å². The van der Waals surface area contributed by atoms with Gasteiger partial charge in [-0.2, -0.15) is 0 Å². The van der Waals surface area contributed by atoms with E-state index < -0.39 is 17.8 Å². The molecular weight excluding hydrogens is 360 g/mol. The molecule has 1 heterocycles. The number of aliphatic carboxylic acids is 1. The van der Waals surface area contributed by atoms with Crippen LogP contribution < -0.4 is 10.1 Å². The third kappa shape index (κ3) is 3.93. The summed E-state index contributed by atoms with van der Waals surface area (Å²) in [7, 11) is 1.54. The number of rotatable bonds is 7. The van der Waals surface area contributed by atoms with Gasteiger partial charge < -0.3 is 20.1 Å². The number of carbonyl (C=O) groups is 3. The molecule has 7 nitrogen and oxygen atoms in total. The molecule has 148 valence electrons. The Morgan fingerprint density at radius 3 is 2.71 bits per heavy atom. The number of carboxylic acid groups (broad SMARTS) is 1. The Labute approximate surface area is 163 Å². The number of H-pyrrole nitrogens is 1. The minimum Gasteiger partial charge on any atom is -0.496 e. The van der Waals surface area contributed by atoms with Crippen molar-refractivity contribution in [2.24, 2.45) is 5.92 Å². The zero-order valence-corrected chi connectivity index (χ0v) is 16.0. The van der Waals surface area contributed by atoms with Crippen LogP contribution in [0, 0.1) is 12.8 Å². The first kappa shape index (κ1) is 19.7. The molecule has 1 atom stereocenters. The van der Waals surface area contributed by atoms with Crippen LogP contribution in [0.25, 0.3) is 0 Å². The third-order valence-corrected chi connectivity index (χ3v) is 5.18. The van der Waals surface area contributed by atoms with Crippen molar-refractivity contribution >= 4 is 17.7 Å². The van der Waals surface area contributed by atoms with E-state index >= 15 is 0 Å². The van der Waals surface area contributed by atoms with Crippen LogP contribution in [0.5, 0.6) is 5.75 Å². The average Bonchev–Trinajstić information content (AvgIpc) is 3.03. The zero-order chi connectivity index (χ0) is 20.3. The Bertz CT molecular complexity index is 916. The third-order valence-electron chi connectivity index (χ3n) is 5.18. The van der Waals surface area contributed by atoms with Gasteiger partial charge in [0.2, 0.25) is 0 Å². The number of aromatic nitrogens is 1. The fourth-order valence-corrected chi connectivity index (χ4v) is 3.69. The molecule has 1 aliphatic rings. The largest absolute Gasteiger partial charge is 0.496 e. The molecular formula is C21H24N2O5. The molecule has 0 spiro atoms. The number of hydrogen-bond acceptors (Lipinski definition) is 4. The monoisotopic (exact) mass is 384 g/mol. The fourth-order valence-electron chi connectivity index (χ4n) is 3.69. The van der Waals surface area contributed by atoms with Crippen molar-refractivity contribution in [2.45, 2.75) is 32.6 Å². The number of amides is 1. The van der Waals surface area contributed by atoms with Crippen molar-refractivity contribution < 1.29 is 24.2 Å². The topological polar surface area (TPSA) is 108 Å². The SMILES string of the molecule is COc1ccccc1CC(CNC(=O)c1[nH]c2c(c1C)C(=O)CCC2)C(=O)O. The van der Waals surface area contributed by atoms with Gasteiger partial charge in [0, 0.05) is 24.2 Å². The number of ether oxygens (including phenoxy) is 1. The van der Waals surface area contributed by atoms with Gasteiger partial charge in [0.15, 0.2) is 5.78 Å². The van der Waals surface area contributed by atoms with Crippen LogP contribution in [-0.2, 0) is 17.6 Å². The zero-order valence-electron chi connectivity index (χ0n) is 16.0. The first-order valence-corrected chi connectivity index (χ1v) is 9.30. The summed E-state index contributed by atoms with van der Waals surface area (Å²) in [5, 5.41) is 12.3. The van der Waals surface area contributed by atoms with Crippen molar-refractivity contribution in [3.05, 3.63) is 52.3 Å². The normalized spacial score (nSPS) is 14.3. The molecule has 0 bridgehead atoms. The molecule has 1 unspecified atom stereocenters. The van der Waals surface area contributed by atoms with E-state index in [4.69, 9.17) is 4.74 Å². The lowest BCUT2D eigenvalue weighted by Crippen LogP contribution is -2.34. The summed E-state index contributed by atoms with van der Waals surface area (Å²) in [6.45, 7) is 1.72. The maximum Gasteiger partial charge on any atom is 0.308 e. The molecule has 2 aromatic rings. The summed E-state index contributed by atoms with van der Waals surface area (Å²) in [6, 6.07) is 7.22. The van der Waals surface area contributed by atoms with Crippen LogP contribution in [0.4, 0.5) is 0 Å².